The Balaban J connectivity index is 3.29. The summed E-state index contributed by atoms with van der Waals surface area (Å²) in [5.74, 6) is 0. The molecule has 8 heavy (non-hydrogen) atoms. The zero-order valence-corrected chi connectivity index (χ0v) is 7.60. The Bertz CT molecular complexity index is 78.6. The molecule has 0 aliphatic rings. The van der Waals surface area contributed by atoms with Crippen molar-refractivity contribution in [3.63, 3.8) is 0 Å². The molecule has 0 aromatic rings. The van der Waals surface area contributed by atoms with Crippen LogP contribution >= 0.6 is 0 Å². The van der Waals surface area contributed by atoms with E-state index in [2.05, 4.69) is 19.9 Å². The fourth-order valence-corrected chi connectivity index (χ4v) is 1.90. The van der Waals surface area contributed by atoms with E-state index < -0.39 is 0 Å². The number of halogens is 1. The molecule has 50 valence electrons. The maximum atomic E-state index is 5.37. The van der Waals surface area contributed by atoms with Crippen molar-refractivity contribution in [1.29, 1.82) is 0 Å². The Hall–Kier alpha value is 0.430. The van der Waals surface area contributed by atoms with Gasteiger partial charge in [0.2, 0.25) is 0 Å². The van der Waals surface area contributed by atoms with E-state index in [1.54, 1.807) is 0 Å². The van der Waals surface area contributed by atoms with Crippen molar-refractivity contribution in [3.8, 4) is 0 Å². The molecule has 0 unspecified atom stereocenters. The van der Waals surface area contributed by atoms with Crippen molar-refractivity contribution < 1.29 is 21.2 Å². The fourth-order valence-electron chi connectivity index (χ4n) is 0.458. The number of alkyl halides is 1. The molecule has 0 aliphatic heterocycles. The second-order valence-corrected chi connectivity index (χ2v) is 4.83. The molecule has 0 rings (SSSR count). The average molecular weight is 226 g/mol. The minimum absolute atomic E-state index is 0.198. The van der Waals surface area contributed by atoms with Crippen LogP contribution in [0.1, 0.15) is 20.3 Å². The first-order valence-corrected chi connectivity index (χ1v) is 5.37. The molecule has 0 aliphatic carbocycles. The van der Waals surface area contributed by atoms with Gasteiger partial charge in [-0.15, -0.1) is 0 Å². The molecule has 0 saturated carbocycles. The second kappa shape index (κ2) is 5.56. The number of rotatable bonds is 3. The molecule has 0 bridgehead atoms. The summed E-state index contributed by atoms with van der Waals surface area (Å²) in [6.07, 6.45) is 3.42. The molecule has 0 aromatic heterocycles. The van der Waals surface area contributed by atoms with Crippen molar-refractivity contribution in [2.24, 2.45) is 5.73 Å². The van der Waals surface area contributed by atoms with Crippen LogP contribution in [0.4, 0.5) is 0 Å². The van der Waals surface area contributed by atoms with Crippen LogP contribution in [0.15, 0.2) is 9.66 Å². The van der Waals surface area contributed by atoms with Crippen LogP contribution in [0.25, 0.3) is 0 Å². The van der Waals surface area contributed by atoms with Gasteiger partial charge in [0, 0.05) is 0 Å². The minimum atomic E-state index is 0.198. The summed E-state index contributed by atoms with van der Waals surface area (Å²) in [4.78, 5) is 0. The molecule has 0 saturated heterocycles. The van der Waals surface area contributed by atoms with Crippen LogP contribution in [-0.4, -0.2) is 4.55 Å². The van der Waals surface area contributed by atoms with Crippen molar-refractivity contribution in [2.45, 2.75) is 20.3 Å². The van der Waals surface area contributed by atoms with Gasteiger partial charge in [-0.1, -0.05) is 0 Å². The van der Waals surface area contributed by atoms with Gasteiger partial charge in [-0.2, -0.15) is 0 Å². The SMILES string of the molecule is CC/C=C(\C)[I-]CN. The van der Waals surface area contributed by atoms with E-state index in [9.17, 15) is 0 Å². The summed E-state index contributed by atoms with van der Waals surface area (Å²) >= 11 is 0.198. The summed E-state index contributed by atoms with van der Waals surface area (Å²) < 4.78 is 2.41. The quantitative estimate of drug-likeness (QED) is 0.346. The van der Waals surface area contributed by atoms with E-state index in [-0.39, 0.29) is 21.2 Å². The molecule has 0 spiro atoms. The third-order valence-corrected chi connectivity index (χ3v) is 2.86. The molecule has 0 fully saturated rings. The van der Waals surface area contributed by atoms with E-state index in [1.165, 1.54) is 3.58 Å². The summed E-state index contributed by atoms with van der Waals surface area (Å²) in [7, 11) is 0. The molecule has 0 amide bonds. The van der Waals surface area contributed by atoms with Crippen LogP contribution in [-0.2, 0) is 0 Å². The fraction of sp³-hybridized carbons (Fsp3) is 0.667. The van der Waals surface area contributed by atoms with Gasteiger partial charge in [-0.3, -0.25) is 0 Å². The molecule has 0 aromatic carbocycles. The van der Waals surface area contributed by atoms with Gasteiger partial charge in [0.15, 0.2) is 0 Å². The molecule has 1 nitrogen and oxygen atoms in total. The van der Waals surface area contributed by atoms with Gasteiger partial charge < -0.3 is 0 Å². The van der Waals surface area contributed by atoms with Gasteiger partial charge in [0.1, 0.15) is 0 Å². The topological polar surface area (TPSA) is 26.0 Å². The van der Waals surface area contributed by atoms with Gasteiger partial charge in [0.05, 0.1) is 0 Å². The van der Waals surface area contributed by atoms with Crippen LogP contribution in [0, 0.1) is 0 Å². The molecule has 2 heteroatoms. The third kappa shape index (κ3) is 4.59. The number of hydrogen-bond donors (Lipinski definition) is 1. The Labute approximate surface area is 61.6 Å². The summed E-state index contributed by atoms with van der Waals surface area (Å²) in [6, 6.07) is 0. The normalized spacial score (nSPS) is 12.6. The Kier molecular flexibility index (Phi) is 5.86. The monoisotopic (exact) mass is 226 g/mol. The maximum absolute atomic E-state index is 5.37. The third-order valence-electron chi connectivity index (χ3n) is 0.773. The van der Waals surface area contributed by atoms with Gasteiger partial charge >= 0.3 is 61.4 Å². The van der Waals surface area contributed by atoms with Crippen LogP contribution in [0.5, 0.6) is 0 Å². The standard InChI is InChI=1S/C6H13IN/c1-3-4-6(2)7-5-8/h4H,3,5,8H2,1-2H3/q-1/b6-4+. The van der Waals surface area contributed by atoms with Crippen LogP contribution in [0.2, 0.25) is 0 Å². The van der Waals surface area contributed by atoms with E-state index in [0.29, 0.717) is 0 Å². The first-order valence-electron chi connectivity index (χ1n) is 2.77. The van der Waals surface area contributed by atoms with E-state index in [0.717, 1.165) is 11.0 Å². The first-order chi connectivity index (χ1) is 3.81. The predicted molar refractivity (Wildman–Crippen MR) is 33.1 cm³/mol. The second-order valence-electron chi connectivity index (χ2n) is 1.49. The molecular formula is C6H13IN-. The molecule has 0 radical (unpaired) electrons. The van der Waals surface area contributed by atoms with Gasteiger partial charge in [-0.25, -0.2) is 0 Å². The Morgan fingerprint density at radius 3 is 2.75 bits per heavy atom. The average Bonchev–Trinajstić information content (AvgIpc) is 1.68. The first kappa shape index (κ1) is 8.43. The summed E-state index contributed by atoms with van der Waals surface area (Å²) in [5, 5.41) is 0. The number of hydrogen-bond acceptors (Lipinski definition) is 1. The van der Waals surface area contributed by atoms with Crippen LogP contribution < -0.4 is 26.9 Å². The zero-order chi connectivity index (χ0) is 6.41. The molecule has 2 N–H and O–H groups in total. The van der Waals surface area contributed by atoms with Crippen LogP contribution in [0.3, 0.4) is 0 Å². The van der Waals surface area contributed by atoms with Gasteiger partial charge in [-0.05, 0) is 0 Å². The molecule has 0 heterocycles. The summed E-state index contributed by atoms with van der Waals surface area (Å²) in [5.41, 5.74) is 5.37. The van der Waals surface area contributed by atoms with Crippen molar-refractivity contribution in [3.05, 3.63) is 9.66 Å². The Morgan fingerprint density at radius 1 is 1.75 bits per heavy atom. The van der Waals surface area contributed by atoms with Gasteiger partial charge in [0.25, 0.3) is 0 Å². The zero-order valence-electron chi connectivity index (χ0n) is 5.45. The Morgan fingerprint density at radius 2 is 2.38 bits per heavy atom. The van der Waals surface area contributed by atoms with Crippen molar-refractivity contribution in [1.82, 2.24) is 0 Å². The predicted octanol–water partition coefficient (Wildman–Crippen LogP) is -1.69. The van der Waals surface area contributed by atoms with E-state index in [1.807, 2.05) is 0 Å². The molecular weight excluding hydrogens is 213 g/mol. The van der Waals surface area contributed by atoms with E-state index in [4.69, 9.17) is 5.73 Å². The summed E-state index contributed by atoms with van der Waals surface area (Å²) in [6.45, 7) is 4.33. The number of allylic oxidation sites excluding steroid dienone is 2. The molecule has 0 atom stereocenters. The van der Waals surface area contributed by atoms with Crippen molar-refractivity contribution in [2.75, 3.05) is 4.55 Å². The van der Waals surface area contributed by atoms with E-state index >= 15 is 0 Å². The number of nitrogens with two attached hydrogens (primary N) is 1. The van der Waals surface area contributed by atoms with Crippen molar-refractivity contribution >= 4 is 0 Å².